The van der Waals surface area contributed by atoms with Crippen molar-refractivity contribution in [3.05, 3.63) is 48.0 Å². The van der Waals surface area contributed by atoms with Crippen molar-refractivity contribution in [2.45, 2.75) is 16.3 Å². The van der Waals surface area contributed by atoms with Crippen LogP contribution in [0, 0.1) is 0 Å². The van der Waals surface area contributed by atoms with Crippen LogP contribution in [0.4, 0.5) is 0 Å². The second kappa shape index (κ2) is 6.66. The normalized spacial score (nSPS) is 14.3. The lowest BCUT2D eigenvalue weighted by molar-refractivity contribution is 0.171. The highest BCUT2D eigenvalue weighted by Gasteiger charge is 2.17. The Morgan fingerprint density at radius 3 is 2.12 bits per heavy atom. The highest BCUT2D eigenvalue weighted by Crippen LogP contribution is 2.30. The van der Waals surface area contributed by atoms with Gasteiger partial charge in [-0.15, -0.1) is 0 Å². The molecular weight excluding hydrogens is 366 g/mol. The highest BCUT2D eigenvalue weighted by molar-refractivity contribution is 7.90. The first kappa shape index (κ1) is 17.7. The van der Waals surface area contributed by atoms with Crippen molar-refractivity contribution in [2.75, 3.05) is 19.5 Å². The summed E-state index contributed by atoms with van der Waals surface area (Å²) in [5, 5.41) is 0. The van der Waals surface area contributed by atoms with Gasteiger partial charge in [0, 0.05) is 12.8 Å². The minimum atomic E-state index is -3.76. The van der Waals surface area contributed by atoms with E-state index in [9.17, 15) is 16.8 Å². The predicted molar refractivity (Wildman–Crippen MR) is 91.0 cm³/mol. The van der Waals surface area contributed by atoms with Crippen LogP contribution in [0.5, 0.6) is 11.5 Å². The molecule has 2 aromatic rings. The molecule has 0 radical (unpaired) electrons. The van der Waals surface area contributed by atoms with Crippen LogP contribution in [0.1, 0.15) is 5.56 Å². The van der Waals surface area contributed by atoms with E-state index in [4.69, 9.17) is 9.47 Å². The first-order valence-corrected chi connectivity index (χ1v) is 10.8. The summed E-state index contributed by atoms with van der Waals surface area (Å²) in [4.78, 5) is 0.0655. The van der Waals surface area contributed by atoms with Crippen LogP contribution in [0.15, 0.2) is 52.3 Å². The Hall–Kier alpha value is -2.10. The Bertz CT molecular complexity index is 982. The third kappa shape index (κ3) is 4.12. The Balaban J connectivity index is 1.73. The summed E-state index contributed by atoms with van der Waals surface area (Å²) in [6, 6.07) is 10.3. The number of rotatable bonds is 5. The number of hydrogen-bond acceptors (Lipinski definition) is 6. The van der Waals surface area contributed by atoms with Gasteiger partial charge in [-0.3, -0.25) is 0 Å². The van der Waals surface area contributed by atoms with E-state index in [1.807, 2.05) is 0 Å². The Morgan fingerprint density at radius 1 is 0.880 bits per heavy atom. The standard InChI is InChI=1S/C16H17NO6S2/c1-24(18,19)13-3-5-14(6-4-13)25(20,21)17-11-12-2-7-15-16(10-12)23-9-8-22-15/h2-7,10,17H,8-9,11H2,1H3. The fraction of sp³-hybridized carbons (Fsp3) is 0.250. The van der Waals surface area contributed by atoms with Crippen LogP contribution in [-0.4, -0.2) is 36.3 Å². The molecule has 2 aromatic carbocycles. The number of ether oxygens (including phenoxy) is 2. The zero-order chi connectivity index (χ0) is 18.1. The number of sulfonamides is 1. The van der Waals surface area contributed by atoms with Crippen LogP contribution >= 0.6 is 0 Å². The van der Waals surface area contributed by atoms with Gasteiger partial charge < -0.3 is 9.47 Å². The molecule has 1 aliphatic heterocycles. The van der Waals surface area contributed by atoms with Crippen molar-refractivity contribution in [3.63, 3.8) is 0 Å². The molecule has 0 saturated carbocycles. The third-order valence-corrected chi connectivity index (χ3v) is 6.18. The number of sulfone groups is 1. The van der Waals surface area contributed by atoms with Gasteiger partial charge in [-0.2, -0.15) is 0 Å². The van der Waals surface area contributed by atoms with E-state index in [0.29, 0.717) is 24.7 Å². The number of benzene rings is 2. The van der Waals surface area contributed by atoms with Crippen molar-refractivity contribution in [2.24, 2.45) is 0 Å². The molecule has 1 N–H and O–H groups in total. The van der Waals surface area contributed by atoms with Crippen LogP contribution in [0.2, 0.25) is 0 Å². The molecule has 134 valence electrons. The molecule has 1 heterocycles. The van der Waals surface area contributed by atoms with E-state index in [1.54, 1.807) is 18.2 Å². The lowest BCUT2D eigenvalue weighted by Crippen LogP contribution is -2.23. The van der Waals surface area contributed by atoms with Gasteiger partial charge in [0.1, 0.15) is 13.2 Å². The summed E-state index contributed by atoms with van der Waals surface area (Å²) in [7, 11) is -7.13. The van der Waals surface area contributed by atoms with Crippen molar-refractivity contribution in [1.29, 1.82) is 0 Å². The lowest BCUT2D eigenvalue weighted by atomic mass is 10.2. The Kier molecular flexibility index (Phi) is 4.72. The number of fused-ring (bicyclic) bond motifs is 1. The lowest BCUT2D eigenvalue weighted by Gasteiger charge is -2.19. The van der Waals surface area contributed by atoms with Gasteiger partial charge in [-0.1, -0.05) is 6.07 Å². The largest absolute Gasteiger partial charge is 0.486 e. The first-order chi connectivity index (χ1) is 11.8. The fourth-order valence-electron chi connectivity index (χ4n) is 2.33. The number of nitrogens with one attached hydrogen (secondary N) is 1. The monoisotopic (exact) mass is 383 g/mol. The van der Waals surface area contributed by atoms with Crippen molar-refractivity contribution < 1.29 is 26.3 Å². The SMILES string of the molecule is CS(=O)(=O)c1ccc(S(=O)(=O)NCc2ccc3c(c2)OCCO3)cc1. The van der Waals surface area contributed by atoms with Crippen molar-refractivity contribution in [1.82, 2.24) is 4.72 Å². The third-order valence-electron chi connectivity index (χ3n) is 3.64. The van der Waals surface area contributed by atoms with Gasteiger partial charge in [0.2, 0.25) is 10.0 Å². The summed E-state index contributed by atoms with van der Waals surface area (Å²) in [6.07, 6.45) is 1.07. The maximum atomic E-state index is 12.3. The molecule has 0 saturated heterocycles. The highest BCUT2D eigenvalue weighted by atomic mass is 32.2. The summed E-state index contributed by atoms with van der Waals surface area (Å²) in [5.41, 5.74) is 0.723. The molecule has 3 rings (SSSR count). The second-order valence-electron chi connectivity index (χ2n) is 5.55. The van der Waals surface area contributed by atoms with E-state index in [-0.39, 0.29) is 16.3 Å². The van der Waals surface area contributed by atoms with Gasteiger partial charge >= 0.3 is 0 Å². The quantitative estimate of drug-likeness (QED) is 0.837. The maximum absolute atomic E-state index is 12.3. The van der Waals surface area contributed by atoms with Crippen LogP contribution in [0.3, 0.4) is 0 Å². The summed E-state index contributed by atoms with van der Waals surface area (Å²) >= 11 is 0. The molecule has 0 aliphatic carbocycles. The van der Waals surface area contributed by atoms with E-state index in [2.05, 4.69) is 4.72 Å². The molecule has 0 aromatic heterocycles. The van der Waals surface area contributed by atoms with Gasteiger partial charge in [0.05, 0.1) is 9.79 Å². The van der Waals surface area contributed by atoms with E-state index in [1.165, 1.54) is 24.3 Å². The Morgan fingerprint density at radius 2 is 1.48 bits per heavy atom. The Labute approximate surface area is 146 Å². The van der Waals surface area contributed by atoms with Crippen LogP contribution in [-0.2, 0) is 26.4 Å². The predicted octanol–water partition coefficient (Wildman–Crippen LogP) is 1.34. The average molecular weight is 383 g/mol. The molecule has 0 unspecified atom stereocenters. The zero-order valence-corrected chi connectivity index (χ0v) is 15.1. The summed E-state index contributed by atoms with van der Waals surface area (Å²) in [6.45, 7) is 1.02. The van der Waals surface area contributed by atoms with Crippen molar-refractivity contribution >= 4 is 19.9 Å². The fourth-order valence-corrected chi connectivity index (χ4v) is 3.97. The topological polar surface area (TPSA) is 98.8 Å². The van der Waals surface area contributed by atoms with Gasteiger partial charge in [0.15, 0.2) is 21.3 Å². The second-order valence-corrected chi connectivity index (χ2v) is 9.33. The van der Waals surface area contributed by atoms with Crippen molar-refractivity contribution in [3.8, 4) is 11.5 Å². The minimum absolute atomic E-state index is 0.00237. The summed E-state index contributed by atoms with van der Waals surface area (Å²) in [5.74, 6) is 1.22. The first-order valence-electron chi connectivity index (χ1n) is 7.44. The van der Waals surface area contributed by atoms with E-state index >= 15 is 0 Å². The van der Waals surface area contributed by atoms with E-state index in [0.717, 1.165) is 11.8 Å². The molecule has 9 heteroatoms. The van der Waals surface area contributed by atoms with Gasteiger partial charge in [-0.05, 0) is 42.0 Å². The smallest absolute Gasteiger partial charge is 0.240 e. The molecule has 25 heavy (non-hydrogen) atoms. The summed E-state index contributed by atoms with van der Waals surface area (Å²) < 4.78 is 60.9. The average Bonchev–Trinajstić information content (AvgIpc) is 2.59. The molecule has 1 aliphatic rings. The molecule has 0 bridgehead atoms. The van der Waals surface area contributed by atoms with Crippen LogP contribution in [0.25, 0.3) is 0 Å². The molecular formula is C16H17NO6S2. The molecule has 0 amide bonds. The van der Waals surface area contributed by atoms with Crippen LogP contribution < -0.4 is 14.2 Å². The molecule has 0 fully saturated rings. The maximum Gasteiger partial charge on any atom is 0.240 e. The van der Waals surface area contributed by atoms with Gasteiger partial charge in [0.25, 0.3) is 0 Å². The minimum Gasteiger partial charge on any atom is -0.486 e. The molecule has 7 nitrogen and oxygen atoms in total. The zero-order valence-electron chi connectivity index (χ0n) is 13.4. The number of hydrogen-bond donors (Lipinski definition) is 1. The van der Waals surface area contributed by atoms with Gasteiger partial charge in [-0.25, -0.2) is 21.6 Å². The molecule has 0 spiro atoms. The van der Waals surface area contributed by atoms with E-state index < -0.39 is 19.9 Å². The molecule has 0 atom stereocenters.